The van der Waals surface area contributed by atoms with Crippen molar-refractivity contribution in [3.8, 4) is 0 Å². The number of rotatable bonds is 4. The largest absolute Gasteiger partial charge is 0.329 e. The second-order valence-corrected chi connectivity index (χ2v) is 7.08. The van der Waals surface area contributed by atoms with Crippen molar-refractivity contribution >= 4 is 10.0 Å². The molecule has 1 aromatic heterocycles. The molecule has 0 aromatic carbocycles. The molecule has 1 fully saturated rings. The molecule has 7 heteroatoms. The van der Waals surface area contributed by atoms with Crippen LogP contribution in [-0.4, -0.2) is 41.1 Å². The maximum absolute atomic E-state index is 12.5. The Morgan fingerprint density at radius 1 is 1.50 bits per heavy atom. The van der Waals surface area contributed by atoms with Crippen LogP contribution in [0.2, 0.25) is 0 Å². The highest BCUT2D eigenvalue weighted by Crippen LogP contribution is 2.33. The molecule has 6 nitrogen and oxygen atoms in total. The molecular formula is C11H20N4O2S. The molecule has 102 valence electrons. The van der Waals surface area contributed by atoms with Crippen LogP contribution in [0.4, 0.5) is 0 Å². The minimum Gasteiger partial charge on any atom is -0.329 e. The molecule has 2 heterocycles. The summed E-state index contributed by atoms with van der Waals surface area (Å²) in [6.45, 7) is 5.47. The zero-order valence-corrected chi connectivity index (χ0v) is 11.7. The van der Waals surface area contributed by atoms with Crippen LogP contribution in [0.3, 0.4) is 0 Å². The van der Waals surface area contributed by atoms with Gasteiger partial charge < -0.3 is 5.73 Å². The van der Waals surface area contributed by atoms with Gasteiger partial charge in [0.25, 0.3) is 0 Å². The topological polar surface area (TPSA) is 81.2 Å². The maximum atomic E-state index is 12.5. The minimum absolute atomic E-state index is 0.255. The first-order valence-electron chi connectivity index (χ1n) is 6.13. The standard InChI is InChI=1S/C11H20N4O2S/c1-11(2)4-3-6-15(11)18(16,17)10-8-13-14(9-10)7-5-12/h8-9H,3-7,12H2,1-2H3. The Balaban J connectivity index is 2.30. The summed E-state index contributed by atoms with van der Waals surface area (Å²) in [5.74, 6) is 0. The van der Waals surface area contributed by atoms with Crippen LogP contribution in [0.5, 0.6) is 0 Å². The molecule has 0 amide bonds. The van der Waals surface area contributed by atoms with Gasteiger partial charge in [-0.05, 0) is 26.7 Å². The molecule has 2 rings (SSSR count). The summed E-state index contributed by atoms with van der Waals surface area (Å²) < 4.78 is 28.2. The summed E-state index contributed by atoms with van der Waals surface area (Å²) in [5, 5.41) is 4.02. The molecule has 1 aliphatic rings. The van der Waals surface area contributed by atoms with Gasteiger partial charge in [-0.1, -0.05) is 0 Å². The molecule has 0 atom stereocenters. The van der Waals surface area contributed by atoms with Crippen molar-refractivity contribution in [2.45, 2.75) is 43.7 Å². The summed E-state index contributed by atoms with van der Waals surface area (Å²) >= 11 is 0. The van der Waals surface area contributed by atoms with Gasteiger partial charge in [-0.25, -0.2) is 8.42 Å². The molecule has 0 bridgehead atoms. The highest BCUT2D eigenvalue weighted by Gasteiger charge is 2.41. The SMILES string of the molecule is CC1(C)CCCN1S(=O)(=O)c1cnn(CCN)c1. The Hall–Kier alpha value is -0.920. The molecule has 0 radical (unpaired) electrons. The van der Waals surface area contributed by atoms with E-state index in [4.69, 9.17) is 5.73 Å². The van der Waals surface area contributed by atoms with Gasteiger partial charge in [0.2, 0.25) is 10.0 Å². The quantitative estimate of drug-likeness (QED) is 0.860. The van der Waals surface area contributed by atoms with E-state index in [1.807, 2.05) is 13.8 Å². The van der Waals surface area contributed by atoms with Gasteiger partial charge in [-0.3, -0.25) is 4.68 Å². The van der Waals surface area contributed by atoms with Crippen LogP contribution in [0.1, 0.15) is 26.7 Å². The van der Waals surface area contributed by atoms with Gasteiger partial charge in [0.15, 0.2) is 0 Å². The first kappa shape index (κ1) is 13.5. The molecule has 0 saturated carbocycles. The van der Waals surface area contributed by atoms with Crippen molar-refractivity contribution in [1.29, 1.82) is 0 Å². The van der Waals surface area contributed by atoms with Gasteiger partial charge in [-0.15, -0.1) is 0 Å². The third-order valence-corrected chi connectivity index (χ3v) is 5.44. The fraction of sp³-hybridized carbons (Fsp3) is 0.727. The summed E-state index contributed by atoms with van der Waals surface area (Å²) in [7, 11) is -3.43. The van der Waals surface area contributed by atoms with E-state index in [0.717, 1.165) is 12.8 Å². The smallest absolute Gasteiger partial charge is 0.246 e. The summed E-state index contributed by atoms with van der Waals surface area (Å²) in [4.78, 5) is 0.255. The monoisotopic (exact) mass is 272 g/mol. The predicted octanol–water partition coefficient (Wildman–Crippen LogP) is 0.405. The lowest BCUT2D eigenvalue weighted by Crippen LogP contribution is -2.42. The predicted molar refractivity (Wildman–Crippen MR) is 68.5 cm³/mol. The Labute approximate surface area is 108 Å². The first-order chi connectivity index (χ1) is 8.38. The minimum atomic E-state index is -3.43. The van der Waals surface area contributed by atoms with Crippen LogP contribution in [-0.2, 0) is 16.6 Å². The van der Waals surface area contributed by atoms with Gasteiger partial charge >= 0.3 is 0 Å². The van der Waals surface area contributed by atoms with Gasteiger partial charge in [-0.2, -0.15) is 9.40 Å². The number of hydrogen-bond acceptors (Lipinski definition) is 4. The Bertz CT molecular complexity index is 521. The Kier molecular flexibility index (Phi) is 3.48. The number of aromatic nitrogens is 2. The van der Waals surface area contributed by atoms with E-state index in [1.54, 1.807) is 15.2 Å². The van der Waals surface area contributed by atoms with Crippen LogP contribution < -0.4 is 5.73 Å². The molecule has 0 unspecified atom stereocenters. The van der Waals surface area contributed by atoms with Crippen molar-refractivity contribution < 1.29 is 8.42 Å². The average Bonchev–Trinajstić information content (AvgIpc) is 2.85. The van der Waals surface area contributed by atoms with Crippen LogP contribution in [0.25, 0.3) is 0 Å². The van der Waals surface area contributed by atoms with Crippen molar-refractivity contribution in [1.82, 2.24) is 14.1 Å². The lowest BCUT2D eigenvalue weighted by Gasteiger charge is -2.29. The summed E-state index contributed by atoms with van der Waals surface area (Å²) in [6, 6.07) is 0. The normalized spacial score (nSPS) is 20.4. The first-order valence-corrected chi connectivity index (χ1v) is 7.57. The third kappa shape index (κ3) is 2.30. The fourth-order valence-corrected chi connectivity index (χ4v) is 4.19. The third-order valence-electron chi connectivity index (χ3n) is 3.38. The summed E-state index contributed by atoms with van der Waals surface area (Å²) in [5.41, 5.74) is 5.11. The fourth-order valence-electron chi connectivity index (χ4n) is 2.39. The lowest BCUT2D eigenvalue weighted by molar-refractivity contribution is 0.291. The molecule has 1 aromatic rings. The van der Waals surface area contributed by atoms with E-state index in [9.17, 15) is 8.42 Å². The summed E-state index contributed by atoms with van der Waals surface area (Å²) in [6.07, 6.45) is 4.75. The second-order valence-electron chi connectivity index (χ2n) is 5.22. The molecule has 18 heavy (non-hydrogen) atoms. The lowest BCUT2D eigenvalue weighted by atomic mass is 10.0. The van der Waals surface area contributed by atoms with Crippen molar-refractivity contribution in [3.63, 3.8) is 0 Å². The molecule has 1 saturated heterocycles. The number of nitrogens with two attached hydrogens (primary N) is 1. The molecular weight excluding hydrogens is 252 g/mol. The van der Waals surface area contributed by atoms with Crippen molar-refractivity contribution in [3.05, 3.63) is 12.4 Å². The van der Waals surface area contributed by atoms with Crippen molar-refractivity contribution in [2.24, 2.45) is 5.73 Å². The highest BCUT2D eigenvalue weighted by molar-refractivity contribution is 7.89. The van der Waals surface area contributed by atoms with E-state index in [1.165, 1.54) is 6.20 Å². The van der Waals surface area contributed by atoms with Crippen LogP contribution in [0, 0.1) is 0 Å². The second kappa shape index (κ2) is 4.64. The highest BCUT2D eigenvalue weighted by atomic mass is 32.2. The van der Waals surface area contributed by atoms with E-state index in [2.05, 4.69) is 5.10 Å². The van der Waals surface area contributed by atoms with Crippen molar-refractivity contribution in [2.75, 3.05) is 13.1 Å². The molecule has 0 spiro atoms. The maximum Gasteiger partial charge on any atom is 0.246 e. The van der Waals surface area contributed by atoms with E-state index in [-0.39, 0.29) is 10.4 Å². The van der Waals surface area contributed by atoms with Crippen LogP contribution in [0.15, 0.2) is 17.3 Å². The zero-order chi connectivity index (χ0) is 13.4. The zero-order valence-electron chi connectivity index (χ0n) is 10.8. The van der Waals surface area contributed by atoms with Crippen LogP contribution >= 0.6 is 0 Å². The van der Waals surface area contributed by atoms with E-state index < -0.39 is 10.0 Å². The van der Waals surface area contributed by atoms with Gasteiger partial charge in [0, 0.05) is 24.8 Å². The van der Waals surface area contributed by atoms with Gasteiger partial charge in [0.05, 0.1) is 12.7 Å². The molecule has 0 aliphatic carbocycles. The Morgan fingerprint density at radius 2 is 2.22 bits per heavy atom. The number of nitrogens with zero attached hydrogens (tertiary/aromatic N) is 3. The molecule has 2 N–H and O–H groups in total. The Morgan fingerprint density at radius 3 is 2.78 bits per heavy atom. The van der Waals surface area contributed by atoms with E-state index in [0.29, 0.717) is 19.6 Å². The van der Waals surface area contributed by atoms with E-state index >= 15 is 0 Å². The average molecular weight is 272 g/mol. The number of sulfonamides is 1. The van der Waals surface area contributed by atoms with Gasteiger partial charge in [0.1, 0.15) is 4.90 Å². The molecule has 1 aliphatic heterocycles. The number of hydrogen-bond donors (Lipinski definition) is 1.